The van der Waals surface area contributed by atoms with Gasteiger partial charge in [-0.25, -0.2) is 4.39 Å². The Morgan fingerprint density at radius 1 is 1.33 bits per heavy atom. The summed E-state index contributed by atoms with van der Waals surface area (Å²) in [6, 6.07) is 11.6. The predicted octanol–water partition coefficient (Wildman–Crippen LogP) is 2.81. The van der Waals surface area contributed by atoms with Gasteiger partial charge in [-0.1, -0.05) is 18.2 Å². The molecule has 0 unspecified atom stereocenters. The van der Waals surface area contributed by atoms with Crippen LogP contribution >= 0.6 is 0 Å². The molecule has 0 fully saturated rings. The Labute approximate surface area is 121 Å². The van der Waals surface area contributed by atoms with Crippen LogP contribution in [0.15, 0.2) is 42.5 Å². The summed E-state index contributed by atoms with van der Waals surface area (Å²) < 4.78 is 18.8. The lowest BCUT2D eigenvalue weighted by Gasteiger charge is -2.13. The van der Waals surface area contributed by atoms with E-state index >= 15 is 0 Å². The van der Waals surface area contributed by atoms with E-state index in [0.717, 1.165) is 11.3 Å². The third-order valence-corrected chi connectivity index (χ3v) is 3.52. The minimum atomic E-state index is -0.486. The SMILES string of the molecule is COc1ccc(F)c(NC(=O)[C@@H]2Cc3ccccc3N2)c1. The Morgan fingerprint density at radius 3 is 2.90 bits per heavy atom. The number of halogens is 1. The van der Waals surface area contributed by atoms with Gasteiger partial charge >= 0.3 is 0 Å². The van der Waals surface area contributed by atoms with Gasteiger partial charge in [0.25, 0.3) is 0 Å². The van der Waals surface area contributed by atoms with Crippen molar-refractivity contribution in [3.63, 3.8) is 0 Å². The summed E-state index contributed by atoms with van der Waals surface area (Å²) in [5.41, 5.74) is 2.16. The number of nitrogens with one attached hydrogen (secondary N) is 2. The highest BCUT2D eigenvalue weighted by Gasteiger charge is 2.26. The second-order valence-corrected chi connectivity index (χ2v) is 4.89. The number of fused-ring (bicyclic) bond motifs is 1. The second kappa shape index (κ2) is 5.44. The smallest absolute Gasteiger partial charge is 0.247 e. The fraction of sp³-hybridized carbons (Fsp3) is 0.188. The van der Waals surface area contributed by atoms with Crippen LogP contribution in [0.2, 0.25) is 0 Å². The molecule has 1 aliphatic heterocycles. The van der Waals surface area contributed by atoms with Gasteiger partial charge in [-0.05, 0) is 23.8 Å². The van der Waals surface area contributed by atoms with Crippen molar-refractivity contribution in [1.29, 1.82) is 0 Å². The van der Waals surface area contributed by atoms with Crippen LogP contribution in [0.3, 0.4) is 0 Å². The molecule has 1 heterocycles. The molecule has 0 aliphatic carbocycles. The molecule has 0 radical (unpaired) electrons. The molecule has 2 N–H and O–H groups in total. The summed E-state index contributed by atoms with van der Waals surface area (Å²) >= 11 is 0. The molecule has 2 aromatic rings. The van der Waals surface area contributed by atoms with Crippen molar-refractivity contribution in [1.82, 2.24) is 0 Å². The molecule has 1 amide bonds. The number of para-hydroxylation sites is 1. The Kier molecular flexibility index (Phi) is 3.48. The standard InChI is InChI=1S/C16H15FN2O2/c1-21-11-6-7-12(17)14(9-11)19-16(20)15-8-10-4-2-3-5-13(10)18-15/h2-7,9,15,18H,8H2,1H3,(H,19,20)/t15-/m0/s1. The highest BCUT2D eigenvalue weighted by atomic mass is 19.1. The van der Waals surface area contributed by atoms with Crippen LogP contribution in [-0.2, 0) is 11.2 Å². The normalized spacial score (nSPS) is 16.0. The van der Waals surface area contributed by atoms with E-state index in [9.17, 15) is 9.18 Å². The van der Waals surface area contributed by atoms with E-state index in [0.29, 0.717) is 12.2 Å². The molecule has 5 heteroatoms. The van der Waals surface area contributed by atoms with Gasteiger partial charge in [-0.3, -0.25) is 4.79 Å². The van der Waals surface area contributed by atoms with Gasteiger partial charge < -0.3 is 15.4 Å². The fourth-order valence-corrected chi connectivity index (χ4v) is 2.40. The molecule has 21 heavy (non-hydrogen) atoms. The van der Waals surface area contributed by atoms with Crippen molar-refractivity contribution in [2.45, 2.75) is 12.5 Å². The zero-order valence-electron chi connectivity index (χ0n) is 11.5. The van der Waals surface area contributed by atoms with Gasteiger partial charge in [-0.15, -0.1) is 0 Å². The topological polar surface area (TPSA) is 50.4 Å². The lowest BCUT2D eigenvalue weighted by atomic mass is 10.1. The second-order valence-electron chi connectivity index (χ2n) is 4.89. The maximum absolute atomic E-state index is 13.7. The monoisotopic (exact) mass is 286 g/mol. The van der Waals surface area contributed by atoms with Crippen molar-refractivity contribution in [3.8, 4) is 5.75 Å². The average molecular weight is 286 g/mol. The molecular formula is C16H15FN2O2. The summed E-state index contributed by atoms with van der Waals surface area (Å²) in [7, 11) is 1.49. The first kappa shape index (κ1) is 13.4. The third-order valence-electron chi connectivity index (χ3n) is 3.52. The van der Waals surface area contributed by atoms with Crippen molar-refractivity contribution in [2.75, 3.05) is 17.7 Å². The zero-order chi connectivity index (χ0) is 14.8. The van der Waals surface area contributed by atoms with Crippen LogP contribution in [0.1, 0.15) is 5.56 Å². The third kappa shape index (κ3) is 2.67. The molecule has 0 saturated heterocycles. The molecular weight excluding hydrogens is 271 g/mol. The average Bonchev–Trinajstić information content (AvgIpc) is 2.93. The van der Waals surface area contributed by atoms with Crippen molar-refractivity contribution in [3.05, 3.63) is 53.8 Å². The lowest BCUT2D eigenvalue weighted by Crippen LogP contribution is -2.33. The minimum Gasteiger partial charge on any atom is -0.497 e. The number of methoxy groups -OCH3 is 1. The molecule has 2 aromatic carbocycles. The first-order valence-electron chi connectivity index (χ1n) is 6.66. The van der Waals surface area contributed by atoms with E-state index in [2.05, 4.69) is 10.6 Å². The zero-order valence-corrected chi connectivity index (χ0v) is 11.5. The van der Waals surface area contributed by atoms with Crippen molar-refractivity contribution in [2.24, 2.45) is 0 Å². The highest BCUT2D eigenvalue weighted by Crippen LogP contribution is 2.27. The fourth-order valence-electron chi connectivity index (χ4n) is 2.40. The van der Waals surface area contributed by atoms with Crippen LogP contribution in [0.5, 0.6) is 5.75 Å². The number of anilines is 2. The summed E-state index contributed by atoms with van der Waals surface area (Å²) in [4.78, 5) is 12.3. The van der Waals surface area contributed by atoms with Gasteiger partial charge in [0.2, 0.25) is 5.91 Å². The van der Waals surface area contributed by atoms with E-state index < -0.39 is 11.9 Å². The summed E-state index contributed by atoms with van der Waals surface area (Å²) in [5, 5.41) is 5.74. The molecule has 1 atom stereocenters. The highest BCUT2D eigenvalue weighted by molar-refractivity contribution is 5.98. The van der Waals surface area contributed by atoms with Gasteiger partial charge in [-0.2, -0.15) is 0 Å². The first-order valence-corrected chi connectivity index (χ1v) is 6.66. The lowest BCUT2D eigenvalue weighted by molar-refractivity contribution is -0.116. The molecule has 0 bridgehead atoms. The molecule has 108 valence electrons. The molecule has 0 spiro atoms. The Morgan fingerprint density at radius 2 is 2.14 bits per heavy atom. The quantitative estimate of drug-likeness (QED) is 0.912. The Balaban J connectivity index is 1.74. The maximum atomic E-state index is 13.7. The van der Waals surface area contributed by atoms with Crippen molar-refractivity contribution < 1.29 is 13.9 Å². The van der Waals surface area contributed by atoms with Gasteiger partial charge in [0.05, 0.1) is 12.8 Å². The van der Waals surface area contributed by atoms with Crippen LogP contribution in [-0.4, -0.2) is 19.1 Å². The number of benzene rings is 2. The van der Waals surface area contributed by atoms with Gasteiger partial charge in [0, 0.05) is 18.2 Å². The number of hydrogen-bond acceptors (Lipinski definition) is 3. The predicted molar refractivity (Wildman–Crippen MR) is 79.1 cm³/mol. The van der Waals surface area contributed by atoms with Crippen molar-refractivity contribution >= 4 is 17.3 Å². The number of carbonyl (C=O) groups is 1. The van der Waals surface area contributed by atoms with E-state index in [1.54, 1.807) is 0 Å². The number of ether oxygens (including phenoxy) is 1. The molecule has 0 aromatic heterocycles. The largest absolute Gasteiger partial charge is 0.497 e. The summed E-state index contributed by atoms with van der Waals surface area (Å²) in [5.74, 6) is -0.257. The molecule has 1 aliphatic rings. The van der Waals surface area contributed by atoms with E-state index in [1.165, 1.54) is 25.3 Å². The van der Waals surface area contributed by atoms with Gasteiger partial charge in [0.1, 0.15) is 17.6 Å². The number of rotatable bonds is 3. The Bertz CT molecular complexity index is 663. The van der Waals surface area contributed by atoms with E-state index in [-0.39, 0.29) is 11.6 Å². The number of carbonyl (C=O) groups excluding carboxylic acids is 1. The van der Waals surface area contributed by atoms with Crippen LogP contribution < -0.4 is 15.4 Å². The van der Waals surface area contributed by atoms with Crippen LogP contribution in [0.25, 0.3) is 0 Å². The number of hydrogen-bond donors (Lipinski definition) is 2. The summed E-state index contributed by atoms with van der Waals surface area (Å²) in [6.07, 6.45) is 0.591. The summed E-state index contributed by atoms with van der Waals surface area (Å²) in [6.45, 7) is 0. The van der Waals surface area contributed by atoms with Gasteiger partial charge in [0.15, 0.2) is 0 Å². The molecule has 0 saturated carbocycles. The van der Waals surface area contributed by atoms with E-state index in [1.807, 2.05) is 24.3 Å². The molecule has 4 nitrogen and oxygen atoms in total. The maximum Gasteiger partial charge on any atom is 0.247 e. The number of amides is 1. The van der Waals surface area contributed by atoms with Crippen LogP contribution in [0, 0.1) is 5.82 Å². The molecule has 3 rings (SSSR count). The first-order chi connectivity index (χ1) is 10.2. The Hall–Kier alpha value is -2.56. The van der Waals surface area contributed by atoms with E-state index in [4.69, 9.17) is 4.74 Å². The minimum absolute atomic E-state index is 0.122. The van der Waals surface area contributed by atoms with Crippen LogP contribution in [0.4, 0.5) is 15.8 Å².